The van der Waals surface area contributed by atoms with Gasteiger partial charge >= 0.3 is 11.8 Å². The predicted molar refractivity (Wildman–Crippen MR) is 113 cm³/mol. The van der Waals surface area contributed by atoms with Crippen molar-refractivity contribution in [3.8, 4) is 11.4 Å². The number of aryl methyl sites for hydroxylation is 2. The standard InChI is InChI=1S/C21H26N6O4/c1-14-9-15(2)11-16(10-14)18-22-13-26(25-18)6-5-17(28)23-24-19(29)20(30)27-7-8-31-12-21(27,3)4/h5-6,9-11,13H,7-8,12H2,1-4H3,(H,23,28)(H,24,29)/b6-5-. The number of carbonyl (C=O) groups is 3. The van der Waals surface area contributed by atoms with Gasteiger partial charge in [-0.3, -0.25) is 25.2 Å². The van der Waals surface area contributed by atoms with Crippen LogP contribution in [0.3, 0.4) is 0 Å². The summed E-state index contributed by atoms with van der Waals surface area (Å²) in [4.78, 5) is 42.1. The second kappa shape index (κ2) is 9.09. The molecular weight excluding hydrogens is 400 g/mol. The second-order valence-electron chi connectivity index (χ2n) is 8.01. The molecule has 0 saturated carbocycles. The number of carbonyl (C=O) groups excluding carboxylic acids is 3. The maximum Gasteiger partial charge on any atom is 0.327 e. The average molecular weight is 426 g/mol. The monoisotopic (exact) mass is 426 g/mol. The number of benzene rings is 1. The Morgan fingerprint density at radius 3 is 2.52 bits per heavy atom. The van der Waals surface area contributed by atoms with Crippen molar-refractivity contribution in [3.05, 3.63) is 41.7 Å². The highest BCUT2D eigenvalue weighted by Gasteiger charge is 2.37. The summed E-state index contributed by atoms with van der Waals surface area (Å²) in [6, 6.07) is 6.01. The molecule has 1 aromatic carbocycles. The van der Waals surface area contributed by atoms with E-state index in [0.717, 1.165) is 16.7 Å². The summed E-state index contributed by atoms with van der Waals surface area (Å²) in [6.07, 6.45) is 4.04. The Balaban J connectivity index is 1.54. The zero-order valence-electron chi connectivity index (χ0n) is 18.0. The van der Waals surface area contributed by atoms with Gasteiger partial charge in [0, 0.05) is 24.4 Å². The number of nitrogens with zero attached hydrogens (tertiary/aromatic N) is 4. The third-order valence-electron chi connectivity index (χ3n) is 4.75. The van der Waals surface area contributed by atoms with Crippen molar-refractivity contribution in [2.24, 2.45) is 0 Å². The molecule has 10 heteroatoms. The Bertz CT molecular complexity index is 1010. The Labute approximate surface area is 180 Å². The molecule has 0 radical (unpaired) electrons. The van der Waals surface area contributed by atoms with Crippen LogP contribution in [0, 0.1) is 13.8 Å². The molecule has 0 bridgehead atoms. The van der Waals surface area contributed by atoms with E-state index in [4.69, 9.17) is 4.74 Å². The third-order valence-corrected chi connectivity index (χ3v) is 4.75. The summed E-state index contributed by atoms with van der Waals surface area (Å²) >= 11 is 0. The lowest BCUT2D eigenvalue weighted by atomic mass is 10.0. The normalized spacial score (nSPS) is 15.7. The maximum atomic E-state index is 12.4. The molecule has 1 fully saturated rings. The number of nitrogens with one attached hydrogen (secondary N) is 2. The van der Waals surface area contributed by atoms with Gasteiger partial charge < -0.3 is 9.64 Å². The van der Waals surface area contributed by atoms with Gasteiger partial charge in [-0.05, 0) is 39.8 Å². The smallest absolute Gasteiger partial charge is 0.327 e. The molecule has 0 atom stereocenters. The van der Waals surface area contributed by atoms with E-state index in [1.807, 2.05) is 39.8 Å². The van der Waals surface area contributed by atoms with Crippen LogP contribution in [0.5, 0.6) is 0 Å². The van der Waals surface area contributed by atoms with E-state index in [-0.39, 0.29) is 0 Å². The number of ether oxygens (including phenoxy) is 1. The quantitative estimate of drug-likeness (QED) is 0.426. The zero-order valence-corrected chi connectivity index (χ0v) is 18.0. The number of rotatable bonds is 3. The summed E-state index contributed by atoms with van der Waals surface area (Å²) in [5.74, 6) is -1.74. The lowest BCUT2D eigenvalue weighted by molar-refractivity contribution is -0.156. The van der Waals surface area contributed by atoms with Crippen molar-refractivity contribution in [2.45, 2.75) is 33.2 Å². The van der Waals surface area contributed by atoms with Gasteiger partial charge in [-0.1, -0.05) is 17.2 Å². The van der Waals surface area contributed by atoms with Crippen molar-refractivity contribution in [2.75, 3.05) is 19.8 Å². The number of amides is 3. The minimum atomic E-state index is -0.922. The van der Waals surface area contributed by atoms with Crippen molar-refractivity contribution in [3.63, 3.8) is 0 Å². The van der Waals surface area contributed by atoms with Crippen LogP contribution in [0.15, 0.2) is 30.6 Å². The van der Waals surface area contributed by atoms with Crippen LogP contribution in [0.1, 0.15) is 25.0 Å². The van der Waals surface area contributed by atoms with E-state index in [9.17, 15) is 14.4 Å². The molecular formula is C21H26N6O4. The summed E-state index contributed by atoms with van der Waals surface area (Å²) in [6.45, 7) is 8.62. The van der Waals surface area contributed by atoms with Crippen LogP contribution in [0.25, 0.3) is 17.6 Å². The lowest BCUT2D eigenvalue weighted by Crippen LogP contribution is -2.60. The minimum Gasteiger partial charge on any atom is -0.377 e. The first-order valence-corrected chi connectivity index (χ1v) is 9.83. The molecule has 3 amide bonds. The fourth-order valence-electron chi connectivity index (χ4n) is 3.30. The van der Waals surface area contributed by atoms with Gasteiger partial charge in [0.1, 0.15) is 6.33 Å². The van der Waals surface area contributed by atoms with Gasteiger partial charge in [-0.2, -0.15) is 0 Å². The van der Waals surface area contributed by atoms with Crippen LogP contribution in [0.2, 0.25) is 0 Å². The highest BCUT2D eigenvalue weighted by molar-refractivity contribution is 6.35. The van der Waals surface area contributed by atoms with Crippen molar-refractivity contribution >= 4 is 23.9 Å². The molecule has 1 aliphatic heterocycles. The van der Waals surface area contributed by atoms with Crippen molar-refractivity contribution in [1.82, 2.24) is 30.5 Å². The molecule has 2 aromatic rings. The minimum absolute atomic E-state index is 0.308. The summed E-state index contributed by atoms with van der Waals surface area (Å²) in [7, 11) is 0. The molecule has 3 rings (SSSR count). The van der Waals surface area contributed by atoms with E-state index >= 15 is 0 Å². The molecule has 31 heavy (non-hydrogen) atoms. The summed E-state index contributed by atoms with van der Waals surface area (Å²) in [5, 5.41) is 4.31. The van der Waals surface area contributed by atoms with Crippen molar-refractivity contribution in [1.29, 1.82) is 0 Å². The number of hydrazine groups is 1. The van der Waals surface area contributed by atoms with E-state index in [1.54, 1.807) is 0 Å². The molecule has 10 nitrogen and oxygen atoms in total. The fourth-order valence-corrected chi connectivity index (χ4v) is 3.30. The molecule has 1 saturated heterocycles. The molecule has 0 unspecified atom stereocenters. The number of morpholine rings is 1. The molecule has 0 aliphatic carbocycles. The Kier molecular flexibility index (Phi) is 6.50. The maximum absolute atomic E-state index is 12.4. The van der Waals surface area contributed by atoms with Crippen LogP contribution >= 0.6 is 0 Å². The van der Waals surface area contributed by atoms with E-state index < -0.39 is 23.3 Å². The molecule has 1 aliphatic rings. The van der Waals surface area contributed by atoms with E-state index in [1.165, 1.54) is 28.2 Å². The molecule has 164 valence electrons. The number of aromatic nitrogens is 3. The predicted octanol–water partition coefficient (Wildman–Crippen LogP) is 0.817. The van der Waals surface area contributed by atoms with E-state index in [0.29, 0.717) is 25.6 Å². The molecule has 2 heterocycles. The first-order valence-electron chi connectivity index (χ1n) is 9.83. The highest BCUT2D eigenvalue weighted by Crippen LogP contribution is 2.19. The Hall–Kier alpha value is -3.53. The fraction of sp³-hybridized carbons (Fsp3) is 0.381. The van der Waals surface area contributed by atoms with Crippen molar-refractivity contribution < 1.29 is 19.1 Å². The Morgan fingerprint density at radius 2 is 1.84 bits per heavy atom. The second-order valence-corrected chi connectivity index (χ2v) is 8.01. The lowest BCUT2D eigenvalue weighted by Gasteiger charge is -2.41. The first kappa shape index (κ1) is 22.2. The zero-order chi connectivity index (χ0) is 22.6. The highest BCUT2D eigenvalue weighted by atomic mass is 16.5. The topological polar surface area (TPSA) is 118 Å². The number of hydrogen-bond donors (Lipinski definition) is 2. The van der Waals surface area contributed by atoms with Crippen LogP contribution in [-0.4, -0.2) is 62.7 Å². The van der Waals surface area contributed by atoms with Gasteiger partial charge in [0.05, 0.1) is 18.8 Å². The van der Waals surface area contributed by atoms with Crippen LogP contribution in [-0.2, 0) is 19.1 Å². The first-order chi connectivity index (χ1) is 14.7. The molecule has 2 N–H and O–H groups in total. The van der Waals surface area contributed by atoms with Gasteiger partial charge in [0.2, 0.25) is 0 Å². The van der Waals surface area contributed by atoms with Crippen LogP contribution in [0.4, 0.5) is 0 Å². The van der Waals surface area contributed by atoms with Gasteiger partial charge in [0.15, 0.2) is 5.82 Å². The Morgan fingerprint density at radius 1 is 1.13 bits per heavy atom. The van der Waals surface area contributed by atoms with Gasteiger partial charge in [0.25, 0.3) is 5.91 Å². The largest absolute Gasteiger partial charge is 0.377 e. The molecule has 1 aromatic heterocycles. The summed E-state index contributed by atoms with van der Waals surface area (Å²) < 4.78 is 6.73. The number of hydrogen-bond acceptors (Lipinski definition) is 6. The van der Waals surface area contributed by atoms with Gasteiger partial charge in [-0.25, -0.2) is 9.67 Å². The van der Waals surface area contributed by atoms with Crippen LogP contribution < -0.4 is 10.9 Å². The average Bonchev–Trinajstić information content (AvgIpc) is 3.18. The van der Waals surface area contributed by atoms with Gasteiger partial charge in [-0.15, -0.1) is 5.10 Å². The third kappa shape index (κ3) is 5.54. The van der Waals surface area contributed by atoms with E-state index in [2.05, 4.69) is 27.0 Å². The SMILES string of the molecule is Cc1cc(C)cc(-c2ncn(/C=C\C(=O)NNC(=O)C(=O)N3CCOCC3(C)C)n2)c1. The summed E-state index contributed by atoms with van der Waals surface area (Å²) in [5.41, 5.74) is 6.81. The molecule has 0 spiro atoms.